The molecule has 1 rings (SSSR count). The van der Waals surface area contributed by atoms with Crippen LogP contribution in [0.4, 0.5) is 5.69 Å². The molecule has 0 spiro atoms. The molecular weight excluding hydrogens is 227 g/mol. The number of hydrogen-bond acceptors (Lipinski definition) is 3. The fraction of sp³-hybridized carbons (Fsp3) is 0. The van der Waals surface area contributed by atoms with E-state index in [1.54, 1.807) is 0 Å². The van der Waals surface area contributed by atoms with E-state index in [-0.39, 0.29) is 30.7 Å². The number of hydrogen-bond donors (Lipinski definition) is 1. The van der Waals surface area contributed by atoms with E-state index in [4.69, 9.17) is 5.11 Å². The van der Waals surface area contributed by atoms with Gasteiger partial charge in [-0.1, -0.05) is 0 Å². The van der Waals surface area contributed by atoms with Crippen molar-refractivity contribution in [3.63, 3.8) is 0 Å². The van der Waals surface area contributed by atoms with Crippen molar-refractivity contribution >= 4 is 11.7 Å². The monoisotopic (exact) mass is 231 g/mol. The zero-order valence-corrected chi connectivity index (χ0v) is 9.60. The predicted octanol–water partition coefficient (Wildman–Crippen LogP) is 1.29. The van der Waals surface area contributed by atoms with Crippen LogP contribution in [0.5, 0.6) is 0 Å². The Labute approximate surface area is 86.3 Å². The third kappa shape index (κ3) is 2.91. The summed E-state index contributed by atoms with van der Waals surface area (Å²) in [7, 11) is 0. The molecule has 0 aliphatic heterocycles. The molecule has 0 radical (unpaired) electrons. The molecule has 0 saturated carbocycles. The topological polar surface area (TPSA) is 80.4 Å². The molecule has 0 bridgehead atoms. The van der Waals surface area contributed by atoms with Gasteiger partial charge in [0.05, 0.1) is 10.5 Å². The smallest absolute Gasteiger partial charge is 0.335 e. The summed E-state index contributed by atoms with van der Waals surface area (Å²) >= 11 is 0. The standard InChI is InChI=1S/C7H5NO4.Zn/c9-7(10)5-1-3-6(4-2-5)8(11)12;/h1-4H,(H,9,10);. The largest absolute Gasteiger partial charge is 0.478 e. The first-order valence-corrected chi connectivity index (χ1v) is 3.09. The van der Waals surface area contributed by atoms with E-state index in [0.717, 1.165) is 12.1 Å². The van der Waals surface area contributed by atoms with Crippen molar-refractivity contribution in [3.8, 4) is 0 Å². The first-order valence-electron chi connectivity index (χ1n) is 3.09. The van der Waals surface area contributed by atoms with Gasteiger partial charge in [-0.3, -0.25) is 10.1 Å². The molecule has 1 aromatic rings. The number of carboxylic acid groups (broad SMARTS) is 1. The van der Waals surface area contributed by atoms with Crippen molar-refractivity contribution in [2.75, 3.05) is 0 Å². The molecule has 0 unspecified atom stereocenters. The molecule has 64 valence electrons. The van der Waals surface area contributed by atoms with Gasteiger partial charge in [-0.2, -0.15) is 0 Å². The maximum Gasteiger partial charge on any atom is 0.335 e. The minimum atomic E-state index is -1.09. The van der Waals surface area contributed by atoms with Gasteiger partial charge in [0, 0.05) is 31.6 Å². The maximum absolute atomic E-state index is 10.3. The van der Waals surface area contributed by atoms with Crippen molar-refractivity contribution in [1.82, 2.24) is 0 Å². The van der Waals surface area contributed by atoms with Crippen molar-refractivity contribution in [3.05, 3.63) is 39.9 Å². The Morgan fingerprint density at radius 2 is 1.77 bits per heavy atom. The van der Waals surface area contributed by atoms with Gasteiger partial charge in [0.15, 0.2) is 0 Å². The molecular formula is C7H5NO4Zn. The Kier molecular flexibility index (Phi) is 4.21. The summed E-state index contributed by atoms with van der Waals surface area (Å²) in [6.07, 6.45) is 0. The third-order valence-electron chi connectivity index (χ3n) is 1.33. The van der Waals surface area contributed by atoms with Crippen molar-refractivity contribution in [2.45, 2.75) is 0 Å². The van der Waals surface area contributed by atoms with E-state index in [1.165, 1.54) is 12.1 Å². The number of benzene rings is 1. The van der Waals surface area contributed by atoms with Crippen LogP contribution >= 0.6 is 0 Å². The Morgan fingerprint density at radius 3 is 2.08 bits per heavy atom. The molecule has 0 saturated heterocycles. The summed E-state index contributed by atoms with van der Waals surface area (Å²) in [4.78, 5) is 19.9. The second kappa shape index (κ2) is 4.67. The van der Waals surface area contributed by atoms with Crippen LogP contribution in [0.1, 0.15) is 10.4 Å². The first kappa shape index (κ1) is 11.7. The number of carboxylic acids is 1. The Balaban J connectivity index is 0.00000144. The van der Waals surface area contributed by atoms with E-state index in [2.05, 4.69) is 0 Å². The van der Waals surface area contributed by atoms with E-state index in [0.29, 0.717) is 0 Å². The number of nitro benzene ring substituents is 1. The molecule has 13 heavy (non-hydrogen) atoms. The SMILES string of the molecule is O=C(O)c1ccc([N+](=O)[O-])cc1.[Zn]. The van der Waals surface area contributed by atoms with Crippen LogP contribution < -0.4 is 0 Å². The Bertz CT molecular complexity index is 289. The molecule has 0 fully saturated rings. The summed E-state index contributed by atoms with van der Waals surface area (Å²) < 4.78 is 0. The van der Waals surface area contributed by atoms with Crippen LogP contribution in [0.15, 0.2) is 24.3 Å². The molecule has 0 aliphatic rings. The van der Waals surface area contributed by atoms with Gasteiger partial charge in [-0.25, -0.2) is 4.79 Å². The Morgan fingerprint density at radius 1 is 1.31 bits per heavy atom. The second-order valence-electron chi connectivity index (χ2n) is 2.11. The van der Waals surface area contributed by atoms with Crippen molar-refractivity contribution in [2.24, 2.45) is 0 Å². The fourth-order valence-corrected chi connectivity index (χ4v) is 0.726. The summed E-state index contributed by atoms with van der Waals surface area (Å²) in [5, 5.41) is 18.6. The maximum atomic E-state index is 10.3. The number of rotatable bonds is 2. The molecule has 0 aromatic heterocycles. The number of carbonyl (C=O) groups is 1. The van der Waals surface area contributed by atoms with Gasteiger partial charge >= 0.3 is 5.97 Å². The van der Waals surface area contributed by atoms with Crippen LogP contribution in [0, 0.1) is 10.1 Å². The van der Waals surface area contributed by atoms with Gasteiger partial charge in [0.2, 0.25) is 0 Å². The number of aromatic carboxylic acids is 1. The molecule has 0 heterocycles. The summed E-state index contributed by atoms with van der Waals surface area (Å²) in [5.74, 6) is -1.09. The van der Waals surface area contributed by atoms with Crippen LogP contribution in [-0.4, -0.2) is 16.0 Å². The summed E-state index contributed by atoms with van der Waals surface area (Å²) in [6.45, 7) is 0. The van der Waals surface area contributed by atoms with Crippen LogP contribution in [-0.2, 0) is 19.5 Å². The minimum Gasteiger partial charge on any atom is -0.478 e. The average Bonchev–Trinajstić information content (AvgIpc) is 2.04. The molecule has 5 nitrogen and oxygen atoms in total. The van der Waals surface area contributed by atoms with Crippen molar-refractivity contribution < 1.29 is 34.3 Å². The van der Waals surface area contributed by atoms with E-state index >= 15 is 0 Å². The number of nitrogens with zero attached hydrogens (tertiary/aromatic N) is 1. The van der Waals surface area contributed by atoms with Gasteiger partial charge in [-0.05, 0) is 12.1 Å². The zero-order valence-electron chi connectivity index (χ0n) is 6.64. The molecule has 1 aromatic carbocycles. The zero-order chi connectivity index (χ0) is 9.14. The molecule has 0 amide bonds. The predicted molar refractivity (Wildman–Crippen MR) is 40.1 cm³/mol. The molecule has 6 heteroatoms. The van der Waals surface area contributed by atoms with Crippen LogP contribution in [0.25, 0.3) is 0 Å². The summed E-state index contributed by atoms with van der Waals surface area (Å²) in [5.41, 5.74) is -0.0689. The first-order chi connectivity index (χ1) is 5.61. The normalized spacial score (nSPS) is 8.62. The second-order valence-corrected chi connectivity index (χ2v) is 2.11. The van der Waals surface area contributed by atoms with E-state index in [1.807, 2.05) is 0 Å². The van der Waals surface area contributed by atoms with Gasteiger partial charge in [0.1, 0.15) is 0 Å². The van der Waals surface area contributed by atoms with Gasteiger partial charge < -0.3 is 5.11 Å². The number of nitro groups is 1. The van der Waals surface area contributed by atoms with E-state index < -0.39 is 10.9 Å². The van der Waals surface area contributed by atoms with Crippen LogP contribution in [0.2, 0.25) is 0 Å². The molecule has 1 N–H and O–H groups in total. The molecule has 0 aliphatic carbocycles. The average molecular weight is 233 g/mol. The summed E-state index contributed by atoms with van der Waals surface area (Å²) in [6, 6.07) is 4.70. The van der Waals surface area contributed by atoms with Gasteiger partial charge in [0.25, 0.3) is 5.69 Å². The van der Waals surface area contributed by atoms with Crippen molar-refractivity contribution in [1.29, 1.82) is 0 Å². The fourth-order valence-electron chi connectivity index (χ4n) is 0.726. The van der Waals surface area contributed by atoms with E-state index in [9.17, 15) is 14.9 Å². The molecule has 0 atom stereocenters. The van der Waals surface area contributed by atoms with Gasteiger partial charge in [-0.15, -0.1) is 0 Å². The third-order valence-corrected chi connectivity index (χ3v) is 1.33. The number of non-ortho nitro benzene ring substituents is 1. The minimum absolute atomic E-state index is 0. The quantitative estimate of drug-likeness (QED) is 0.473. The van der Waals surface area contributed by atoms with Crippen LogP contribution in [0.3, 0.4) is 0 Å². The Hall–Kier alpha value is -1.29.